The van der Waals surface area contributed by atoms with Crippen LogP contribution in [-0.4, -0.2) is 56.8 Å². The average Bonchev–Trinajstić information content (AvgIpc) is 3.05. The summed E-state index contributed by atoms with van der Waals surface area (Å²) in [5, 5.41) is 4.02. The Hall–Kier alpha value is -2.31. The lowest BCUT2D eigenvalue weighted by Crippen LogP contribution is -2.38. The Kier molecular flexibility index (Phi) is 7.12. The molecule has 6 heteroatoms. The predicted octanol–water partition coefficient (Wildman–Crippen LogP) is 3.38. The number of benzene rings is 1. The van der Waals surface area contributed by atoms with E-state index in [4.69, 9.17) is 13.9 Å². The van der Waals surface area contributed by atoms with Crippen LogP contribution in [0.2, 0.25) is 0 Å². The van der Waals surface area contributed by atoms with Gasteiger partial charge in [0.1, 0.15) is 11.3 Å². The molecule has 2 aromatic rings. The van der Waals surface area contributed by atoms with Crippen LogP contribution in [0.4, 0.5) is 0 Å². The van der Waals surface area contributed by atoms with E-state index in [0.29, 0.717) is 13.2 Å². The zero-order chi connectivity index (χ0) is 19.9. The lowest BCUT2D eigenvalue weighted by atomic mass is 10.0. The molecular formula is C22H30N2O4. The summed E-state index contributed by atoms with van der Waals surface area (Å²) in [7, 11) is 0. The molecule has 0 atom stereocenters. The van der Waals surface area contributed by atoms with Gasteiger partial charge < -0.3 is 19.2 Å². The summed E-state index contributed by atoms with van der Waals surface area (Å²) in [5.41, 5.74) is 3.66. The third-order valence-electron chi connectivity index (χ3n) is 5.00. The maximum absolute atomic E-state index is 12.3. The van der Waals surface area contributed by atoms with Crippen LogP contribution in [-0.2, 0) is 9.53 Å². The monoisotopic (exact) mass is 386 g/mol. The number of morpholine rings is 1. The molecule has 1 aromatic heterocycles. The number of hydrogen-bond donors (Lipinski definition) is 1. The van der Waals surface area contributed by atoms with Crippen LogP contribution in [0.3, 0.4) is 0 Å². The summed E-state index contributed by atoms with van der Waals surface area (Å²) in [6, 6.07) is 3.94. The fraction of sp³-hybridized carbons (Fsp3) is 0.500. The van der Waals surface area contributed by atoms with Gasteiger partial charge >= 0.3 is 0 Å². The largest absolute Gasteiger partial charge is 0.493 e. The van der Waals surface area contributed by atoms with Crippen molar-refractivity contribution in [3.05, 3.63) is 35.6 Å². The van der Waals surface area contributed by atoms with Crippen LogP contribution < -0.4 is 10.1 Å². The van der Waals surface area contributed by atoms with Crippen LogP contribution in [0, 0.1) is 6.92 Å². The van der Waals surface area contributed by atoms with Gasteiger partial charge in [-0.05, 0) is 50.9 Å². The number of nitrogens with zero attached hydrogens (tertiary/aromatic N) is 1. The Balaban J connectivity index is 1.62. The smallest absolute Gasteiger partial charge is 0.244 e. The third kappa shape index (κ3) is 5.14. The van der Waals surface area contributed by atoms with E-state index in [1.165, 1.54) is 0 Å². The number of ether oxygens (including phenoxy) is 2. The molecule has 1 N–H and O–H groups in total. The van der Waals surface area contributed by atoms with Crippen molar-refractivity contribution in [2.75, 3.05) is 46.0 Å². The SMILES string of the molecule is CCOc1cc2occ(C)c2cc1/C(C)=C/C(=O)NCCCN1CCOCC1. The molecule has 0 aliphatic carbocycles. The Morgan fingerprint density at radius 1 is 1.32 bits per heavy atom. The molecule has 1 aliphatic heterocycles. The molecule has 1 aromatic carbocycles. The van der Waals surface area contributed by atoms with Gasteiger partial charge in [-0.15, -0.1) is 0 Å². The van der Waals surface area contributed by atoms with E-state index < -0.39 is 0 Å². The van der Waals surface area contributed by atoms with Gasteiger partial charge in [-0.25, -0.2) is 0 Å². The second-order valence-electron chi connectivity index (χ2n) is 7.12. The molecule has 1 aliphatic rings. The molecule has 1 saturated heterocycles. The highest BCUT2D eigenvalue weighted by molar-refractivity contribution is 5.97. The summed E-state index contributed by atoms with van der Waals surface area (Å²) >= 11 is 0. The number of allylic oxidation sites excluding steroid dienone is 1. The lowest BCUT2D eigenvalue weighted by molar-refractivity contribution is -0.116. The van der Waals surface area contributed by atoms with Crippen LogP contribution >= 0.6 is 0 Å². The first-order valence-corrected chi connectivity index (χ1v) is 9.99. The zero-order valence-corrected chi connectivity index (χ0v) is 17.0. The van der Waals surface area contributed by atoms with E-state index in [1.54, 1.807) is 12.3 Å². The second-order valence-corrected chi connectivity index (χ2v) is 7.12. The van der Waals surface area contributed by atoms with E-state index in [-0.39, 0.29) is 5.91 Å². The van der Waals surface area contributed by atoms with E-state index in [0.717, 1.165) is 72.7 Å². The standard InChI is InChI=1S/C22H30N2O4/c1-4-27-20-14-21-19(17(3)15-28-21)13-18(20)16(2)12-22(25)23-6-5-7-24-8-10-26-11-9-24/h12-15H,4-11H2,1-3H3,(H,23,25)/b16-12+. The molecule has 6 nitrogen and oxygen atoms in total. The first kappa shape index (κ1) is 20.4. The van der Waals surface area contributed by atoms with Crippen LogP contribution in [0.5, 0.6) is 5.75 Å². The molecule has 1 fully saturated rings. The summed E-state index contributed by atoms with van der Waals surface area (Å²) in [4.78, 5) is 14.7. The Morgan fingerprint density at radius 3 is 2.86 bits per heavy atom. The highest BCUT2D eigenvalue weighted by Crippen LogP contribution is 2.33. The average molecular weight is 386 g/mol. The quantitative estimate of drug-likeness (QED) is 0.557. The van der Waals surface area contributed by atoms with Gasteiger partial charge in [0.05, 0.1) is 26.1 Å². The van der Waals surface area contributed by atoms with Crippen molar-refractivity contribution in [3.63, 3.8) is 0 Å². The second kappa shape index (κ2) is 9.75. The number of nitrogens with one attached hydrogen (secondary N) is 1. The van der Waals surface area contributed by atoms with E-state index in [1.807, 2.05) is 32.9 Å². The number of fused-ring (bicyclic) bond motifs is 1. The lowest BCUT2D eigenvalue weighted by Gasteiger charge is -2.26. The van der Waals surface area contributed by atoms with Crippen LogP contribution in [0.1, 0.15) is 31.4 Å². The van der Waals surface area contributed by atoms with Crippen molar-refractivity contribution in [1.29, 1.82) is 0 Å². The highest BCUT2D eigenvalue weighted by atomic mass is 16.5. The number of carbonyl (C=O) groups is 1. The molecule has 0 spiro atoms. The molecule has 0 unspecified atom stereocenters. The van der Waals surface area contributed by atoms with Crippen molar-refractivity contribution in [2.45, 2.75) is 27.2 Å². The third-order valence-corrected chi connectivity index (χ3v) is 5.00. The minimum absolute atomic E-state index is 0.0778. The number of carbonyl (C=O) groups excluding carboxylic acids is 1. The Bertz CT molecular complexity index is 834. The van der Waals surface area contributed by atoms with Gasteiger partial charge in [0.15, 0.2) is 0 Å². The molecule has 2 heterocycles. The maximum Gasteiger partial charge on any atom is 0.244 e. The molecule has 28 heavy (non-hydrogen) atoms. The van der Waals surface area contributed by atoms with Crippen LogP contribution in [0.25, 0.3) is 16.5 Å². The normalized spacial score (nSPS) is 15.8. The van der Waals surface area contributed by atoms with E-state index >= 15 is 0 Å². The number of hydrogen-bond acceptors (Lipinski definition) is 5. The van der Waals surface area contributed by atoms with Crippen molar-refractivity contribution in [1.82, 2.24) is 10.2 Å². The number of aryl methyl sites for hydroxylation is 1. The molecule has 0 radical (unpaired) electrons. The molecular weight excluding hydrogens is 356 g/mol. The van der Waals surface area contributed by atoms with Gasteiger partial charge in [0.25, 0.3) is 0 Å². The van der Waals surface area contributed by atoms with Gasteiger partial charge in [0.2, 0.25) is 5.91 Å². The number of furan rings is 1. The van der Waals surface area contributed by atoms with E-state index in [9.17, 15) is 4.79 Å². The fourth-order valence-electron chi connectivity index (χ4n) is 3.43. The molecule has 3 rings (SSSR count). The highest BCUT2D eigenvalue weighted by Gasteiger charge is 2.13. The molecule has 0 saturated carbocycles. The topological polar surface area (TPSA) is 63.9 Å². The van der Waals surface area contributed by atoms with E-state index in [2.05, 4.69) is 10.2 Å². The molecule has 152 valence electrons. The maximum atomic E-state index is 12.3. The summed E-state index contributed by atoms with van der Waals surface area (Å²) in [6.45, 7) is 11.7. The summed E-state index contributed by atoms with van der Waals surface area (Å²) in [6.07, 6.45) is 4.32. The zero-order valence-electron chi connectivity index (χ0n) is 17.0. The van der Waals surface area contributed by atoms with Crippen LogP contribution in [0.15, 0.2) is 28.9 Å². The minimum Gasteiger partial charge on any atom is -0.493 e. The minimum atomic E-state index is -0.0778. The van der Waals surface area contributed by atoms with Crippen molar-refractivity contribution < 1.29 is 18.7 Å². The van der Waals surface area contributed by atoms with Gasteiger partial charge in [-0.1, -0.05) is 0 Å². The first-order chi connectivity index (χ1) is 13.6. The predicted molar refractivity (Wildman–Crippen MR) is 111 cm³/mol. The molecule has 1 amide bonds. The number of rotatable bonds is 8. The summed E-state index contributed by atoms with van der Waals surface area (Å²) < 4.78 is 16.7. The molecule has 0 bridgehead atoms. The Morgan fingerprint density at radius 2 is 2.11 bits per heavy atom. The summed E-state index contributed by atoms with van der Waals surface area (Å²) in [5.74, 6) is 0.657. The van der Waals surface area contributed by atoms with Gasteiger partial charge in [-0.2, -0.15) is 0 Å². The Labute approximate surface area is 166 Å². The van der Waals surface area contributed by atoms with Crippen molar-refractivity contribution in [2.24, 2.45) is 0 Å². The van der Waals surface area contributed by atoms with Crippen molar-refractivity contribution in [3.8, 4) is 5.75 Å². The van der Waals surface area contributed by atoms with Gasteiger partial charge in [-0.3, -0.25) is 9.69 Å². The van der Waals surface area contributed by atoms with Gasteiger partial charge in [0, 0.05) is 42.7 Å². The number of amides is 1. The first-order valence-electron chi connectivity index (χ1n) is 9.99. The fourth-order valence-corrected chi connectivity index (χ4v) is 3.43. The van der Waals surface area contributed by atoms with Crippen molar-refractivity contribution >= 4 is 22.4 Å².